The van der Waals surface area contributed by atoms with E-state index in [-0.39, 0.29) is 12.5 Å². The molecule has 0 aromatic heterocycles. The van der Waals surface area contributed by atoms with Crippen LogP contribution in [-0.4, -0.2) is 34.4 Å². The Morgan fingerprint density at radius 2 is 2.08 bits per heavy atom. The molecule has 0 heterocycles. The van der Waals surface area contributed by atoms with E-state index in [1.54, 1.807) is 20.8 Å². The van der Waals surface area contributed by atoms with Gasteiger partial charge < -0.3 is 15.5 Å². The molecule has 0 radical (unpaired) electrons. The van der Waals surface area contributed by atoms with Crippen LogP contribution in [-0.2, 0) is 4.79 Å². The minimum absolute atomic E-state index is 0.136. The molecule has 0 spiro atoms. The van der Waals surface area contributed by atoms with E-state index in [0.717, 1.165) is 0 Å². The van der Waals surface area contributed by atoms with Crippen LogP contribution in [0.25, 0.3) is 0 Å². The topological polar surface area (TPSA) is 69.6 Å². The minimum atomic E-state index is -0.875. The van der Waals surface area contributed by atoms with Crippen molar-refractivity contribution >= 4 is 5.91 Å². The van der Waals surface area contributed by atoms with Gasteiger partial charge in [-0.15, -0.1) is 0 Å². The van der Waals surface area contributed by atoms with Gasteiger partial charge >= 0.3 is 0 Å². The first kappa shape index (κ1) is 12.4. The first-order chi connectivity index (χ1) is 5.81. The van der Waals surface area contributed by atoms with E-state index >= 15 is 0 Å². The van der Waals surface area contributed by atoms with E-state index < -0.39 is 11.7 Å². The lowest BCUT2D eigenvalue weighted by Crippen LogP contribution is -2.38. The summed E-state index contributed by atoms with van der Waals surface area (Å²) >= 11 is 0. The van der Waals surface area contributed by atoms with Gasteiger partial charge in [-0.2, -0.15) is 0 Å². The fourth-order valence-corrected chi connectivity index (χ4v) is 0.743. The summed E-state index contributed by atoms with van der Waals surface area (Å²) in [5, 5.41) is 20.8. The average molecular weight is 189 g/mol. The fraction of sp³-hybridized carbons (Fsp3) is 0.889. The molecule has 3 N–H and O–H groups in total. The third kappa shape index (κ3) is 9.30. The van der Waals surface area contributed by atoms with Crippen molar-refractivity contribution in [3.63, 3.8) is 0 Å². The van der Waals surface area contributed by atoms with E-state index in [4.69, 9.17) is 5.11 Å². The average Bonchev–Trinajstić information content (AvgIpc) is 1.95. The highest BCUT2D eigenvalue weighted by Gasteiger charge is 2.13. The molecule has 0 bridgehead atoms. The van der Waals surface area contributed by atoms with E-state index in [9.17, 15) is 9.90 Å². The van der Waals surface area contributed by atoms with Crippen LogP contribution < -0.4 is 5.32 Å². The molecule has 1 amide bonds. The summed E-state index contributed by atoms with van der Waals surface area (Å²) in [6.07, 6.45) is 0.304. The van der Waals surface area contributed by atoms with Crippen LogP contribution in [0.15, 0.2) is 0 Å². The monoisotopic (exact) mass is 189 g/mol. The molecule has 0 saturated carbocycles. The van der Waals surface area contributed by atoms with Crippen LogP contribution in [0.3, 0.4) is 0 Å². The molecule has 0 aliphatic rings. The van der Waals surface area contributed by atoms with Gasteiger partial charge in [-0.1, -0.05) is 0 Å². The highest BCUT2D eigenvalue weighted by atomic mass is 16.3. The molecule has 4 nitrogen and oxygen atoms in total. The fourth-order valence-electron chi connectivity index (χ4n) is 0.743. The Balaban J connectivity index is 3.53. The molecule has 78 valence electrons. The second kappa shape index (κ2) is 5.19. The van der Waals surface area contributed by atoms with Gasteiger partial charge in [0, 0.05) is 13.0 Å². The number of hydrogen-bond acceptors (Lipinski definition) is 3. The summed E-state index contributed by atoms with van der Waals surface area (Å²) in [6, 6.07) is 0. The first-order valence-electron chi connectivity index (χ1n) is 4.48. The zero-order chi connectivity index (χ0) is 10.5. The Hall–Kier alpha value is -0.610. The van der Waals surface area contributed by atoms with Crippen LogP contribution in [0.4, 0.5) is 0 Å². The van der Waals surface area contributed by atoms with Gasteiger partial charge in [0.2, 0.25) is 5.91 Å². The largest absolute Gasteiger partial charge is 0.393 e. The maximum absolute atomic E-state index is 11.1. The van der Waals surface area contributed by atoms with Gasteiger partial charge in [-0.05, 0) is 27.2 Å². The predicted octanol–water partition coefficient (Wildman–Crippen LogP) is 0.0345. The summed E-state index contributed by atoms with van der Waals surface area (Å²) in [5.74, 6) is -0.136. The van der Waals surface area contributed by atoms with Gasteiger partial charge in [-0.25, -0.2) is 0 Å². The molecule has 4 heteroatoms. The van der Waals surface area contributed by atoms with Crippen molar-refractivity contribution in [2.24, 2.45) is 0 Å². The molecule has 0 saturated heterocycles. The Morgan fingerprint density at radius 3 is 2.46 bits per heavy atom. The second-order valence-electron chi connectivity index (χ2n) is 3.98. The molecule has 0 aromatic carbocycles. The molecular weight excluding hydrogens is 170 g/mol. The van der Waals surface area contributed by atoms with Gasteiger partial charge in [-0.3, -0.25) is 4.79 Å². The van der Waals surface area contributed by atoms with E-state index in [0.29, 0.717) is 12.8 Å². The van der Waals surface area contributed by atoms with E-state index in [1.165, 1.54) is 0 Å². The third-order valence-corrected chi connectivity index (χ3v) is 1.51. The maximum atomic E-state index is 11.1. The summed E-state index contributed by atoms with van der Waals surface area (Å²) in [5.41, 5.74) is -0.875. The van der Waals surface area contributed by atoms with Gasteiger partial charge in [0.05, 0.1) is 11.7 Å². The smallest absolute Gasteiger partial charge is 0.220 e. The standard InChI is InChI=1S/C9H19NO3/c1-7(11)4-5-8(12)10-6-9(2,3)13/h7,11,13H,4-6H2,1-3H3,(H,10,12). The van der Waals surface area contributed by atoms with Crippen molar-refractivity contribution in [2.75, 3.05) is 6.54 Å². The Morgan fingerprint density at radius 1 is 1.54 bits per heavy atom. The Bertz CT molecular complexity index is 161. The second-order valence-corrected chi connectivity index (χ2v) is 3.98. The maximum Gasteiger partial charge on any atom is 0.220 e. The summed E-state index contributed by atoms with van der Waals surface area (Å²) in [4.78, 5) is 11.1. The third-order valence-electron chi connectivity index (χ3n) is 1.51. The lowest BCUT2D eigenvalue weighted by Gasteiger charge is -2.17. The molecule has 0 aliphatic carbocycles. The van der Waals surface area contributed by atoms with Crippen LogP contribution in [0.5, 0.6) is 0 Å². The van der Waals surface area contributed by atoms with Crippen molar-refractivity contribution in [2.45, 2.75) is 45.3 Å². The van der Waals surface area contributed by atoms with Crippen LogP contribution in [0.2, 0.25) is 0 Å². The lowest BCUT2D eigenvalue weighted by molar-refractivity contribution is -0.122. The molecular formula is C9H19NO3. The number of carbonyl (C=O) groups is 1. The molecule has 0 fully saturated rings. The van der Waals surface area contributed by atoms with Crippen molar-refractivity contribution < 1.29 is 15.0 Å². The van der Waals surface area contributed by atoms with Crippen molar-refractivity contribution in [1.29, 1.82) is 0 Å². The molecule has 1 unspecified atom stereocenters. The van der Waals surface area contributed by atoms with Crippen molar-refractivity contribution in [3.8, 4) is 0 Å². The number of carbonyl (C=O) groups excluding carboxylic acids is 1. The Kier molecular flexibility index (Phi) is 4.95. The van der Waals surface area contributed by atoms with E-state index in [2.05, 4.69) is 5.32 Å². The van der Waals surface area contributed by atoms with Crippen molar-refractivity contribution in [1.82, 2.24) is 5.32 Å². The predicted molar refractivity (Wildman–Crippen MR) is 50.2 cm³/mol. The first-order valence-corrected chi connectivity index (χ1v) is 4.48. The summed E-state index contributed by atoms with van der Waals surface area (Å²) < 4.78 is 0. The number of aliphatic hydroxyl groups excluding tert-OH is 1. The minimum Gasteiger partial charge on any atom is -0.393 e. The molecule has 13 heavy (non-hydrogen) atoms. The highest BCUT2D eigenvalue weighted by molar-refractivity contribution is 5.75. The Labute approximate surface area is 79.0 Å². The van der Waals surface area contributed by atoms with Gasteiger partial charge in [0.15, 0.2) is 0 Å². The zero-order valence-corrected chi connectivity index (χ0v) is 8.50. The lowest BCUT2D eigenvalue weighted by atomic mass is 10.1. The number of aliphatic hydroxyl groups is 2. The van der Waals surface area contributed by atoms with Crippen LogP contribution in [0.1, 0.15) is 33.6 Å². The van der Waals surface area contributed by atoms with Crippen LogP contribution in [0, 0.1) is 0 Å². The number of rotatable bonds is 5. The number of amides is 1. The quantitative estimate of drug-likeness (QED) is 0.571. The normalized spacial score (nSPS) is 13.9. The molecule has 0 aliphatic heterocycles. The summed E-state index contributed by atoms with van der Waals surface area (Å²) in [6.45, 7) is 5.14. The number of hydrogen-bond donors (Lipinski definition) is 3. The summed E-state index contributed by atoms with van der Waals surface area (Å²) in [7, 11) is 0. The highest BCUT2D eigenvalue weighted by Crippen LogP contribution is 1.99. The van der Waals surface area contributed by atoms with Crippen LogP contribution >= 0.6 is 0 Å². The molecule has 0 aromatic rings. The van der Waals surface area contributed by atoms with Crippen molar-refractivity contribution in [3.05, 3.63) is 0 Å². The van der Waals surface area contributed by atoms with Gasteiger partial charge in [0.1, 0.15) is 0 Å². The molecule has 1 atom stereocenters. The zero-order valence-electron chi connectivity index (χ0n) is 8.50. The molecule has 0 rings (SSSR count). The SMILES string of the molecule is CC(O)CCC(=O)NCC(C)(C)O. The van der Waals surface area contributed by atoms with Gasteiger partial charge in [0.25, 0.3) is 0 Å². The van der Waals surface area contributed by atoms with E-state index in [1.807, 2.05) is 0 Å². The number of nitrogens with one attached hydrogen (secondary N) is 1.